The number of para-hydroxylation sites is 1. The highest BCUT2D eigenvalue weighted by Crippen LogP contribution is 2.43. The summed E-state index contributed by atoms with van der Waals surface area (Å²) in [5.74, 6) is 2.07. The topological polar surface area (TPSA) is 153 Å². The van der Waals surface area contributed by atoms with E-state index in [1.54, 1.807) is 41.1 Å². The Bertz CT molecular complexity index is 2470. The van der Waals surface area contributed by atoms with Crippen LogP contribution in [0.3, 0.4) is 0 Å². The smallest absolute Gasteiger partial charge is 0.319 e. The van der Waals surface area contributed by atoms with Gasteiger partial charge in [0.25, 0.3) is 0 Å². The third kappa shape index (κ3) is 9.79. The second kappa shape index (κ2) is 18.4. The molecule has 2 heterocycles. The Morgan fingerprint density at radius 1 is 0.780 bits per heavy atom. The Labute approximate surface area is 345 Å². The minimum absolute atomic E-state index is 0.0418. The van der Waals surface area contributed by atoms with E-state index in [4.69, 9.17) is 14.2 Å². The van der Waals surface area contributed by atoms with Gasteiger partial charge in [-0.15, -0.1) is 5.10 Å². The van der Waals surface area contributed by atoms with Crippen molar-refractivity contribution >= 4 is 23.5 Å². The average molecular weight is 807 g/mol. The molecule has 0 radical (unpaired) electrons. The summed E-state index contributed by atoms with van der Waals surface area (Å²) in [6.45, 7) is 2.40. The van der Waals surface area contributed by atoms with Crippen LogP contribution in [-0.4, -0.2) is 48.3 Å². The lowest BCUT2D eigenvalue weighted by molar-refractivity contribution is -0.268. The quantitative estimate of drug-likeness (QED) is 0.0830. The molecule has 0 bridgehead atoms. The third-order valence-electron chi connectivity index (χ3n) is 10.00. The number of carbonyl (C=O) groups is 1. The van der Waals surface area contributed by atoms with Crippen LogP contribution in [0, 0.1) is 5.92 Å². The van der Waals surface area contributed by atoms with Crippen LogP contribution in [0.2, 0.25) is 0 Å². The number of thioether (sulfide) groups is 1. The van der Waals surface area contributed by atoms with E-state index >= 15 is 0 Å². The number of nitrogens with zero attached hydrogens (tertiary/aromatic N) is 4. The Kier molecular flexibility index (Phi) is 12.3. The molecule has 4 atom stereocenters. The molecule has 8 rings (SSSR count). The second-order valence-corrected chi connectivity index (χ2v) is 15.1. The summed E-state index contributed by atoms with van der Waals surface area (Å²) in [4.78, 5) is 12.8. The zero-order valence-electron chi connectivity index (χ0n) is 32.1. The van der Waals surface area contributed by atoms with Gasteiger partial charge in [0.15, 0.2) is 6.29 Å². The number of rotatable bonds is 13. The minimum Gasteiger partial charge on any atom is -0.508 e. The highest BCUT2D eigenvalue weighted by atomic mass is 32.2. The fourth-order valence-electron chi connectivity index (χ4n) is 6.81. The van der Waals surface area contributed by atoms with Crippen LogP contribution in [0.15, 0.2) is 157 Å². The van der Waals surface area contributed by atoms with Crippen LogP contribution in [0.4, 0.5) is 10.5 Å². The number of amides is 2. The van der Waals surface area contributed by atoms with Gasteiger partial charge in [0.1, 0.15) is 17.2 Å². The molecule has 1 aliphatic heterocycles. The monoisotopic (exact) mass is 806 g/mol. The summed E-state index contributed by atoms with van der Waals surface area (Å²) >= 11 is 1.48. The molecule has 0 unspecified atom stereocenters. The molecule has 6 aromatic carbocycles. The number of urea groups is 1. The number of hydrogen-bond donors (Lipinski definition) is 4. The molecule has 1 aromatic heterocycles. The molecule has 0 spiro atoms. The van der Waals surface area contributed by atoms with E-state index in [0.717, 1.165) is 44.8 Å². The van der Waals surface area contributed by atoms with Gasteiger partial charge in [-0.1, -0.05) is 97.5 Å². The molecule has 298 valence electrons. The number of aliphatic hydroxyl groups is 1. The molecular weight excluding hydrogens is 765 g/mol. The van der Waals surface area contributed by atoms with Crippen molar-refractivity contribution in [1.82, 2.24) is 25.5 Å². The Morgan fingerprint density at radius 3 is 2.27 bits per heavy atom. The van der Waals surface area contributed by atoms with Crippen LogP contribution in [0.25, 0.3) is 16.8 Å². The highest BCUT2D eigenvalue weighted by molar-refractivity contribution is 7.99. The van der Waals surface area contributed by atoms with Gasteiger partial charge in [-0.05, 0) is 111 Å². The Morgan fingerprint density at radius 2 is 1.51 bits per heavy atom. The average Bonchev–Trinajstić information content (AvgIpc) is 3.75. The summed E-state index contributed by atoms with van der Waals surface area (Å²) in [5.41, 5.74) is 6.94. The summed E-state index contributed by atoms with van der Waals surface area (Å²) < 4.78 is 21.0. The molecule has 0 aliphatic carbocycles. The van der Waals surface area contributed by atoms with Gasteiger partial charge in [-0.3, -0.25) is 0 Å². The van der Waals surface area contributed by atoms with Gasteiger partial charge in [-0.2, -0.15) is 4.68 Å². The van der Waals surface area contributed by atoms with Crippen molar-refractivity contribution < 1.29 is 29.2 Å². The molecule has 59 heavy (non-hydrogen) atoms. The maximum Gasteiger partial charge on any atom is 0.319 e. The van der Waals surface area contributed by atoms with E-state index in [0.29, 0.717) is 28.9 Å². The van der Waals surface area contributed by atoms with Crippen molar-refractivity contribution in [1.29, 1.82) is 0 Å². The predicted octanol–water partition coefficient (Wildman–Crippen LogP) is 9.22. The molecule has 1 aliphatic rings. The Balaban J connectivity index is 0.949. The first-order chi connectivity index (χ1) is 28.9. The first kappa shape index (κ1) is 39.3. The number of aliphatic hydroxyl groups excluding tert-OH is 1. The number of anilines is 1. The fraction of sp³-hybridized carbons (Fsp3) is 0.174. The molecule has 4 N–H and O–H groups in total. The van der Waals surface area contributed by atoms with Crippen LogP contribution < -0.4 is 15.4 Å². The minimum atomic E-state index is -0.681. The van der Waals surface area contributed by atoms with Gasteiger partial charge < -0.3 is 35.1 Å². The van der Waals surface area contributed by atoms with Gasteiger partial charge in [-0.25, -0.2) is 4.79 Å². The van der Waals surface area contributed by atoms with Crippen molar-refractivity contribution in [2.24, 2.45) is 5.92 Å². The lowest BCUT2D eigenvalue weighted by Gasteiger charge is -2.41. The highest BCUT2D eigenvalue weighted by Gasteiger charge is 2.38. The maximum absolute atomic E-state index is 12.8. The van der Waals surface area contributed by atoms with E-state index < -0.39 is 6.29 Å². The van der Waals surface area contributed by atoms with E-state index in [1.165, 1.54) is 11.8 Å². The van der Waals surface area contributed by atoms with Crippen molar-refractivity contribution in [3.63, 3.8) is 0 Å². The number of carbonyl (C=O) groups excluding carboxylic acids is 1. The number of aromatic nitrogens is 4. The van der Waals surface area contributed by atoms with E-state index in [-0.39, 0.29) is 36.5 Å². The van der Waals surface area contributed by atoms with Gasteiger partial charge in [0.05, 0.1) is 24.5 Å². The van der Waals surface area contributed by atoms with Crippen LogP contribution in [0.1, 0.15) is 41.6 Å². The first-order valence-electron chi connectivity index (χ1n) is 19.2. The lowest BCUT2D eigenvalue weighted by Crippen LogP contribution is -2.38. The fourth-order valence-corrected chi connectivity index (χ4v) is 7.86. The van der Waals surface area contributed by atoms with Gasteiger partial charge >= 0.3 is 6.03 Å². The molecular formula is C46H42N6O6S. The number of phenolic OH excluding ortho intramolecular Hbond substituents is 1. The van der Waals surface area contributed by atoms with Crippen molar-refractivity contribution in [2.75, 3.05) is 11.1 Å². The zero-order chi connectivity index (χ0) is 40.6. The number of benzene rings is 6. The number of hydrogen-bond acceptors (Lipinski definition) is 10. The van der Waals surface area contributed by atoms with Crippen molar-refractivity contribution in [3.05, 3.63) is 174 Å². The van der Waals surface area contributed by atoms with Crippen LogP contribution in [-0.2, 0) is 22.6 Å². The standard InChI is InChI=1S/C46H42N6O6S/c1-30-42(29-59-46-49-50-51-52(46)38-19-21-39(54)22-20-38)57-44(58-43(30)33-15-13-31(28-53)14-16-33)36-10-6-9-35(26-36)34-8-5-7-32(25-34)27-47-45(55)48-37-17-23-41(24-18-37)56-40-11-3-2-4-12-40/h2-26,30,42-44,53-54H,27-29H2,1H3,(H2,47,48,55)/t30-,42+,43+,44+/m1/s1. The Hall–Kier alpha value is -6.51. The summed E-state index contributed by atoms with van der Waals surface area (Å²) in [7, 11) is 0. The van der Waals surface area contributed by atoms with Crippen LogP contribution in [0.5, 0.6) is 17.2 Å². The SMILES string of the molecule is C[C@@H]1[C@H](CSc2nnnn2-c2ccc(O)cc2)O[C@H](c2cccc(-c3cccc(CNC(=O)Nc4ccc(Oc5ccccc5)cc4)c3)c2)O[C@@H]1c1ccc(CO)cc1. The summed E-state index contributed by atoms with van der Waals surface area (Å²) in [6, 6.07) is 47.1. The van der Waals surface area contributed by atoms with Crippen LogP contribution >= 0.6 is 11.8 Å². The van der Waals surface area contributed by atoms with E-state index in [2.05, 4.69) is 45.2 Å². The maximum atomic E-state index is 12.8. The largest absolute Gasteiger partial charge is 0.508 e. The summed E-state index contributed by atoms with van der Waals surface area (Å²) in [6.07, 6.45) is -1.24. The number of phenols is 1. The molecule has 1 saturated heterocycles. The number of tetrazole rings is 1. The third-order valence-corrected chi connectivity index (χ3v) is 11.0. The molecule has 13 heteroatoms. The van der Waals surface area contributed by atoms with Gasteiger partial charge in [0.2, 0.25) is 5.16 Å². The summed E-state index contributed by atoms with van der Waals surface area (Å²) in [5, 5.41) is 38.2. The molecule has 1 fully saturated rings. The van der Waals surface area contributed by atoms with Crippen molar-refractivity contribution in [2.45, 2.75) is 43.7 Å². The van der Waals surface area contributed by atoms with Crippen molar-refractivity contribution in [3.8, 4) is 34.1 Å². The number of ether oxygens (including phenoxy) is 3. The molecule has 2 amide bonds. The number of nitrogens with one attached hydrogen (secondary N) is 2. The lowest BCUT2D eigenvalue weighted by atomic mass is 9.91. The second-order valence-electron chi connectivity index (χ2n) is 14.1. The number of aromatic hydroxyl groups is 1. The first-order valence-corrected chi connectivity index (χ1v) is 20.2. The van der Waals surface area contributed by atoms with Gasteiger partial charge in [0, 0.05) is 29.5 Å². The van der Waals surface area contributed by atoms with E-state index in [1.807, 2.05) is 103 Å². The predicted molar refractivity (Wildman–Crippen MR) is 225 cm³/mol. The normalized spacial score (nSPS) is 17.6. The van der Waals surface area contributed by atoms with E-state index in [9.17, 15) is 15.0 Å². The molecule has 7 aromatic rings. The molecule has 0 saturated carbocycles. The molecule has 12 nitrogen and oxygen atoms in total. The zero-order valence-corrected chi connectivity index (χ0v) is 32.9.